The third kappa shape index (κ3) is 7.49. The molecule has 0 saturated carbocycles. The number of para-hydroxylation sites is 1. The van der Waals surface area contributed by atoms with Gasteiger partial charge in [0.2, 0.25) is 11.8 Å². The van der Waals surface area contributed by atoms with Gasteiger partial charge in [0.05, 0.1) is 30.2 Å². The van der Waals surface area contributed by atoms with E-state index in [0.717, 1.165) is 27.1 Å². The molecule has 7 rings (SSSR count). The van der Waals surface area contributed by atoms with Crippen molar-refractivity contribution in [3.05, 3.63) is 131 Å². The molecule has 4 N–H and O–H groups in total. The highest BCUT2D eigenvalue weighted by molar-refractivity contribution is 6.99. The molecule has 2 heterocycles. The molecule has 288 valence electrons. The number of phenols is 1. The van der Waals surface area contributed by atoms with E-state index in [1.54, 1.807) is 24.3 Å². The van der Waals surface area contributed by atoms with E-state index in [1.165, 1.54) is 17.0 Å². The third-order valence-corrected chi connectivity index (χ3v) is 16.7. The van der Waals surface area contributed by atoms with Crippen LogP contribution >= 0.6 is 0 Å². The van der Waals surface area contributed by atoms with Crippen molar-refractivity contribution in [1.29, 1.82) is 0 Å². The van der Waals surface area contributed by atoms with Crippen molar-refractivity contribution >= 4 is 62.0 Å². The van der Waals surface area contributed by atoms with Crippen molar-refractivity contribution in [3.63, 3.8) is 0 Å². The van der Waals surface area contributed by atoms with Crippen LogP contribution < -0.4 is 20.7 Å². The fourth-order valence-electron chi connectivity index (χ4n) is 9.24. The van der Waals surface area contributed by atoms with Crippen LogP contribution in [0.4, 0.5) is 5.69 Å². The van der Waals surface area contributed by atoms with Gasteiger partial charge in [-0.3, -0.25) is 14.5 Å². The molecule has 0 aromatic heterocycles. The van der Waals surface area contributed by atoms with Gasteiger partial charge in [-0.2, -0.15) is 0 Å². The Kier molecular flexibility index (Phi) is 11.4. The fraction of sp³-hybridized carbons (Fsp3) is 0.318. The minimum Gasteiger partial charge on any atom is -0.507 e. The van der Waals surface area contributed by atoms with Crippen LogP contribution in [0.5, 0.6) is 5.75 Å². The SMILES string of the molecule is C/C(=C\c1ccccc1O)CC[C@H]1OB(O)C[C@H]2C1=C(CO[Si](c1ccccc1)(c1ccccc1)C(C)(C)C)C[C@H]1C(=O)N(c3cccc(B(O)O)c3)C(=O)[C@H]12. The number of hydrogen-bond acceptors (Lipinski definition) is 8. The maximum absolute atomic E-state index is 14.5. The van der Waals surface area contributed by atoms with Crippen molar-refractivity contribution in [1.82, 2.24) is 0 Å². The Bertz CT molecular complexity index is 2100. The summed E-state index contributed by atoms with van der Waals surface area (Å²) in [6.45, 7) is 8.85. The number of allylic oxidation sites excluding steroid dienone is 1. The van der Waals surface area contributed by atoms with Crippen molar-refractivity contribution in [3.8, 4) is 5.75 Å². The van der Waals surface area contributed by atoms with Crippen LogP contribution in [0.15, 0.2) is 126 Å². The van der Waals surface area contributed by atoms with Crippen LogP contribution in [-0.4, -0.2) is 67.3 Å². The summed E-state index contributed by atoms with van der Waals surface area (Å²) in [5.74, 6) is -2.47. The van der Waals surface area contributed by atoms with Gasteiger partial charge in [0.15, 0.2) is 0 Å². The van der Waals surface area contributed by atoms with Gasteiger partial charge in [0, 0.05) is 5.56 Å². The first-order valence-electron chi connectivity index (χ1n) is 19.4. The van der Waals surface area contributed by atoms with E-state index >= 15 is 0 Å². The number of amides is 2. The van der Waals surface area contributed by atoms with E-state index < -0.39 is 46.4 Å². The van der Waals surface area contributed by atoms with E-state index in [4.69, 9.17) is 9.08 Å². The number of nitrogens with zero attached hydrogens (tertiary/aromatic N) is 1. The summed E-state index contributed by atoms with van der Waals surface area (Å²) in [6.07, 6.45) is 2.90. The average Bonchev–Trinajstić information content (AvgIpc) is 3.43. The topological polar surface area (TPSA) is 137 Å². The van der Waals surface area contributed by atoms with Crippen molar-refractivity contribution < 1.29 is 38.8 Å². The predicted octanol–water partition coefficient (Wildman–Crippen LogP) is 4.83. The van der Waals surface area contributed by atoms with Crippen LogP contribution in [0.25, 0.3) is 6.08 Å². The van der Waals surface area contributed by atoms with Crippen LogP contribution in [0.1, 0.15) is 52.5 Å². The first kappa shape index (κ1) is 39.7. The van der Waals surface area contributed by atoms with Gasteiger partial charge in [-0.05, 0) is 88.6 Å². The molecule has 0 bridgehead atoms. The van der Waals surface area contributed by atoms with Crippen LogP contribution in [0.3, 0.4) is 0 Å². The Hall–Kier alpha value is -4.55. The molecule has 2 amide bonds. The minimum absolute atomic E-state index is 0.144. The van der Waals surface area contributed by atoms with Gasteiger partial charge >= 0.3 is 14.2 Å². The number of aromatic hydroxyl groups is 1. The fourth-order valence-corrected chi connectivity index (χ4v) is 13.8. The van der Waals surface area contributed by atoms with E-state index in [0.29, 0.717) is 18.4 Å². The molecule has 1 aliphatic carbocycles. The zero-order valence-electron chi connectivity index (χ0n) is 32.3. The maximum atomic E-state index is 14.5. The van der Waals surface area contributed by atoms with Gasteiger partial charge in [-0.1, -0.05) is 123 Å². The Labute approximate surface area is 330 Å². The first-order valence-corrected chi connectivity index (χ1v) is 21.3. The molecule has 2 fully saturated rings. The number of carbonyl (C=O) groups is 2. The monoisotopic (exact) mass is 769 g/mol. The molecule has 2 aliphatic heterocycles. The van der Waals surface area contributed by atoms with E-state index in [-0.39, 0.29) is 53.1 Å². The highest BCUT2D eigenvalue weighted by atomic mass is 28.4. The zero-order valence-corrected chi connectivity index (χ0v) is 33.3. The molecule has 4 aromatic rings. The van der Waals surface area contributed by atoms with Crippen molar-refractivity contribution in [2.75, 3.05) is 11.5 Å². The zero-order chi connectivity index (χ0) is 39.8. The summed E-state index contributed by atoms with van der Waals surface area (Å²) in [7, 11) is -5.94. The molecule has 2 saturated heterocycles. The number of rotatable bonds is 11. The molecule has 0 radical (unpaired) electrons. The molecule has 12 heteroatoms. The first-order chi connectivity index (χ1) is 26.8. The maximum Gasteiger partial charge on any atom is 0.488 e. The van der Waals surface area contributed by atoms with E-state index in [1.807, 2.05) is 61.5 Å². The Morgan fingerprint density at radius 3 is 2.18 bits per heavy atom. The van der Waals surface area contributed by atoms with Crippen molar-refractivity contribution in [2.24, 2.45) is 17.8 Å². The Balaban J connectivity index is 1.31. The summed E-state index contributed by atoms with van der Waals surface area (Å²) < 4.78 is 13.8. The highest BCUT2D eigenvalue weighted by Gasteiger charge is 2.58. The van der Waals surface area contributed by atoms with Crippen LogP contribution in [0, 0.1) is 17.8 Å². The lowest BCUT2D eigenvalue weighted by molar-refractivity contribution is -0.122. The number of phenolic OH excluding ortho intramolecular Hbond substituents is 1. The van der Waals surface area contributed by atoms with Crippen molar-refractivity contribution in [2.45, 2.75) is 64.4 Å². The molecule has 4 aromatic carbocycles. The van der Waals surface area contributed by atoms with E-state index in [2.05, 4.69) is 45.0 Å². The summed E-state index contributed by atoms with van der Waals surface area (Å²) in [5, 5.41) is 43.4. The Morgan fingerprint density at radius 2 is 1.55 bits per heavy atom. The molecular formula is C44H49B2NO8Si. The number of benzene rings is 4. The molecular weight excluding hydrogens is 720 g/mol. The van der Waals surface area contributed by atoms with Crippen LogP contribution in [-0.2, 0) is 18.7 Å². The molecule has 0 spiro atoms. The summed E-state index contributed by atoms with van der Waals surface area (Å²) in [5.41, 5.74) is 3.99. The second-order valence-corrected chi connectivity index (χ2v) is 20.6. The smallest absolute Gasteiger partial charge is 0.488 e. The summed E-state index contributed by atoms with van der Waals surface area (Å²) in [6, 6.07) is 34.1. The number of fused-ring (bicyclic) bond motifs is 3. The lowest BCUT2D eigenvalue weighted by Gasteiger charge is -2.46. The van der Waals surface area contributed by atoms with Gasteiger partial charge in [0.1, 0.15) is 5.75 Å². The Morgan fingerprint density at radius 1 is 0.911 bits per heavy atom. The normalized spacial score (nSPS) is 21.7. The number of hydrogen-bond donors (Lipinski definition) is 4. The van der Waals surface area contributed by atoms with Gasteiger partial charge in [-0.15, -0.1) is 0 Å². The van der Waals surface area contributed by atoms with Gasteiger partial charge in [0.25, 0.3) is 8.32 Å². The standard InChI is InChI=1S/C44H49B2NO8Si/c1-29(24-30-14-11-12-21-38(30)48)22-23-39-40-31(28-54-56(44(2,3)4,34-17-7-5-8-18-34)35-19-9-6-10-20-35)25-36-41(37(40)27-45(51)55-39)43(50)47(42(36)49)33-16-13-15-32(26-33)46(52)53/h5-21,24,26,36-37,39,41,48,51-53H,22-23,25,27-28H2,1-4H3/b29-24+/t36-,37+,39-,41-/m1/s1. The third-order valence-electron chi connectivity index (χ3n) is 11.8. The quantitative estimate of drug-likeness (QED) is 0.0969. The van der Waals surface area contributed by atoms with E-state index in [9.17, 15) is 29.8 Å². The molecule has 56 heavy (non-hydrogen) atoms. The molecule has 3 aliphatic rings. The van der Waals surface area contributed by atoms with Crippen LogP contribution in [0.2, 0.25) is 11.4 Å². The average molecular weight is 770 g/mol. The second kappa shape index (κ2) is 16.1. The largest absolute Gasteiger partial charge is 0.507 e. The summed E-state index contributed by atoms with van der Waals surface area (Å²) >= 11 is 0. The number of carbonyl (C=O) groups excluding carboxylic acids is 2. The lowest BCUT2D eigenvalue weighted by Crippen LogP contribution is -2.66. The molecule has 0 unspecified atom stereocenters. The minimum atomic E-state index is -3.02. The lowest BCUT2D eigenvalue weighted by atomic mass is 9.58. The molecule has 9 nitrogen and oxygen atoms in total. The van der Waals surface area contributed by atoms with Gasteiger partial charge in [-0.25, -0.2) is 0 Å². The predicted molar refractivity (Wildman–Crippen MR) is 223 cm³/mol. The number of imide groups is 1. The number of anilines is 1. The molecule has 4 atom stereocenters. The second-order valence-electron chi connectivity index (χ2n) is 16.3. The van der Waals surface area contributed by atoms with Gasteiger partial charge < -0.3 is 29.3 Å². The summed E-state index contributed by atoms with van der Waals surface area (Å²) in [4.78, 5) is 30.1. The highest BCUT2D eigenvalue weighted by Crippen LogP contribution is 2.52.